The lowest BCUT2D eigenvalue weighted by molar-refractivity contribution is -0.149. The van der Waals surface area contributed by atoms with E-state index in [1.165, 1.54) is 37.3 Å². The molecule has 2 aromatic rings. The molecule has 0 aliphatic heterocycles. The maximum absolute atomic E-state index is 12.1. The maximum Gasteiger partial charge on any atom is 0.387 e. The number of ether oxygens (including phenoxy) is 3. The number of alkyl halides is 2. The van der Waals surface area contributed by atoms with Gasteiger partial charge in [0.2, 0.25) is 5.91 Å². The largest absolute Gasteiger partial charge is 0.497 e. The predicted octanol–water partition coefficient (Wildman–Crippen LogP) is 3.00. The lowest BCUT2D eigenvalue weighted by atomic mass is 10.2. The minimum Gasteiger partial charge on any atom is -0.497 e. The van der Waals surface area contributed by atoms with Gasteiger partial charge in [-0.3, -0.25) is 9.59 Å². The summed E-state index contributed by atoms with van der Waals surface area (Å²) in [6, 6.07) is 11.3. The quantitative estimate of drug-likeness (QED) is 0.428. The molecule has 2 N–H and O–H groups in total. The molecule has 2 amide bonds. The third kappa shape index (κ3) is 8.42. The summed E-state index contributed by atoms with van der Waals surface area (Å²) in [6.07, 6.45) is 2.83. The molecule has 0 heterocycles. The summed E-state index contributed by atoms with van der Waals surface area (Å²) in [5, 5.41) is 4.87. The second-order valence-electron chi connectivity index (χ2n) is 6.40. The van der Waals surface area contributed by atoms with Crippen molar-refractivity contribution in [3.63, 3.8) is 0 Å². The fourth-order valence-electron chi connectivity index (χ4n) is 2.39. The SMILES string of the molecule is COc1ccc(C=CC(=O)N[C@@H](C)C(=O)OCC(=O)Nc2ccc(OC(F)F)cc2)cc1. The van der Waals surface area contributed by atoms with Gasteiger partial charge in [0.1, 0.15) is 17.5 Å². The number of methoxy groups -OCH3 is 1. The zero-order valence-corrected chi connectivity index (χ0v) is 17.3. The van der Waals surface area contributed by atoms with Crippen molar-refractivity contribution < 1.29 is 37.4 Å². The fraction of sp³-hybridized carbons (Fsp3) is 0.227. The van der Waals surface area contributed by atoms with E-state index in [0.29, 0.717) is 11.4 Å². The van der Waals surface area contributed by atoms with E-state index in [1.807, 2.05) is 0 Å². The van der Waals surface area contributed by atoms with Crippen LogP contribution >= 0.6 is 0 Å². The van der Waals surface area contributed by atoms with Crippen LogP contribution in [0.5, 0.6) is 11.5 Å². The molecule has 170 valence electrons. The second-order valence-corrected chi connectivity index (χ2v) is 6.40. The van der Waals surface area contributed by atoms with Crippen LogP contribution in [0.3, 0.4) is 0 Å². The van der Waals surface area contributed by atoms with Crippen molar-refractivity contribution in [2.75, 3.05) is 19.0 Å². The Morgan fingerprint density at radius 3 is 2.22 bits per heavy atom. The molecule has 32 heavy (non-hydrogen) atoms. The van der Waals surface area contributed by atoms with Crippen molar-refractivity contribution in [2.24, 2.45) is 0 Å². The highest BCUT2D eigenvalue weighted by Crippen LogP contribution is 2.17. The van der Waals surface area contributed by atoms with E-state index in [9.17, 15) is 23.2 Å². The Hall–Kier alpha value is -3.95. The molecule has 1 atom stereocenters. The van der Waals surface area contributed by atoms with Crippen LogP contribution in [-0.4, -0.2) is 44.2 Å². The van der Waals surface area contributed by atoms with Crippen molar-refractivity contribution >= 4 is 29.5 Å². The van der Waals surface area contributed by atoms with Crippen molar-refractivity contribution in [3.8, 4) is 11.5 Å². The molecule has 0 spiro atoms. The Kier molecular flexibility index (Phi) is 9.15. The fourth-order valence-corrected chi connectivity index (χ4v) is 2.39. The van der Waals surface area contributed by atoms with E-state index in [4.69, 9.17) is 9.47 Å². The van der Waals surface area contributed by atoms with Crippen LogP contribution in [-0.2, 0) is 19.1 Å². The van der Waals surface area contributed by atoms with E-state index in [2.05, 4.69) is 15.4 Å². The Morgan fingerprint density at radius 1 is 1.00 bits per heavy atom. The number of halogens is 2. The molecule has 2 rings (SSSR count). The topological polar surface area (TPSA) is 103 Å². The first-order chi connectivity index (χ1) is 15.3. The standard InChI is InChI=1S/C22H22F2N2O6/c1-14(25-19(27)12-5-15-3-8-17(30-2)9-4-15)21(29)31-13-20(28)26-16-6-10-18(11-7-16)32-22(23)24/h3-12,14,22H,13H2,1-2H3,(H,25,27)(H,26,28)/t14-/m0/s1. The van der Waals surface area contributed by atoms with Crippen LogP contribution in [0.2, 0.25) is 0 Å². The Labute approximate surface area is 183 Å². The second kappa shape index (κ2) is 12.0. The normalized spacial score (nSPS) is 11.7. The van der Waals surface area contributed by atoms with Crippen LogP contribution < -0.4 is 20.1 Å². The molecule has 0 aromatic heterocycles. The van der Waals surface area contributed by atoms with E-state index >= 15 is 0 Å². The number of nitrogens with one attached hydrogen (secondary N) is 2. The van der Waals surface area contributed by atoms with Crippen molar-refractivity contribution in [3.05, 3.63) is 60.2 Å². The van der Waals surface area contributed by atoms with Crippen molar-refractivity contribution in [1.82, 2.24) is 5.32 Å². The zero-order chi connectivity index (χ0) is 23.5. The zero-order valence-electron chi connectivity index (χ0n) is 17.3. The molecule has 0 saturated carbocycles. The summed E-state index contributed by atoms with van der Waals surface area (Å²) >= 11 is 0. The number of hydrogen-bond donors (Lipinski definition) is 2. The van der Waals surface area contributed by atoms with Gasteiger partial charge in [-0.1, -0.05) is 12.1 Å². The van der Waals surface area contributed by atoms with Gasteiger partial charge in [0.25, 0.3) is 5.91 Å². The average molecular weight is 448 g/mol. The van der Waals surface area contributed by atoms with Gasteiger partial charge in [-0.15, -0.1) is 0 Å². The molecule has 0 aliphatic carbocycles. The highest BCUT2D eigenvalue weighted by atomic mass is 19.3. The summed E-state index contributed by atoms with van der Waals surface area (Å²) in [6.45, 7) is -2.12. The lowest BCUT2D eigenvalue weighted by Crippen LogP contribution is -2.39. The molecule has 0 unspecified atom stereocenters. The maximum atomic E-state index is 12.1. The Morgan fingerprint density at radius 2 is 1.62 bits per heavy atom. The predicted molar refractivity (Wildman–Crippen MR) is 112 cm³/mol. The summed E-state index contributed by atoms with van der Waals surface area (Å²) in [5.74, 6) is -1.33. The molecule has 0 aliphatic rings. The van der Waals surface area contributed by atoms with Crippen molar-refractivity contribution in [1.29, 1.82) is 0 Å². The third-order valence-corrected chi connectivity index (χ3v) is 3.96. The monoisotopic (exact) mass is 448 g/mol. The lowest BCUT2D eigenvalue weighted by Gasteiger charge is -2.12. The Balaban J connectivity index is 1.74. The molecule has 2 aromatic carbocycles. The molecule has 8 nitrogen and oxygen atoms in total. The van der Waals surface area contributed by atoms with Crippen LogP contribution in [0.25, 0.3) is 6.08 Å². The summed E-state index contributed by atoms with van der Waals surface area (Å²) < 4.78 is 38.4. The smallest absolute Gasteiger partial charge is 0.387 e. The van der Waals surface area contributed by atoms with Gasteiger partial charge in [0, 0.05) is 11.8 Å². The molecular weight excluding hydrogens is 426 g/mol. The number of benzene rings is 2. The van der Waals surface area contributed by atoms with Gasteiger partial charge >= 0.3 is 12.6 Å². The molecular formula is C22H22F2N2O6. The van der Waals surface area contributed by atoms with Gasteiger partial charge in [0.15, 0.2) is 6.61 Å². The average Bonchev–Trinajstić information content (AvgIpc) is 2.77. The number of carbonyl (C=O) groups is 3. The van der Waals surface area contributed by atoms with Gasteiger partial charge < -0.3 is 24.8 Å². The number of rotatable bonds is 10. The third-order valence-electron chi connectivity index (χ3n) is 3.96. The molecule has 0 saturated heterocycles. The summed E-state index contributed by atoms with van der Waals surface area (Å²) in [5.41, 5.74) is 1.07. The van der Waals surface area contributed by atoms with Gasteiger partial charge in [-0.25, -0.2) is 4.79 Å². The number of hydrogen-bond acceptors (Lipinski definition) is 6. The molecule has 0 radical (unpaired) electrons. The first kappa shape index (κ1) is 24.3. The highest BCUT2D eigenvalue weighted by Gasteiger charge is 2.17. The molecule has 0 fully saturated rings. The van der Waals surface area contributed by atoms with E-state index in [1.54, 1.807) is 37.5 Å². The minimum atomic E-state index is -2.95. The van der Waals surface area contributed by atoms with Crippen LogP contribution in [0.15, 0.2) is 54.6 Å². The first-order valence-corrected chi connectivity index (χ1v) is 9.41. The summed E-state index contributed by atoms with van der Waals surface area (Å²) in [7, 11) is 1.55. The van der Waals surface area contributed by atoms with E-state index < -0.39 is 37.0 Å². The van der Waals surface area contributed by atoms with Gasteiger partial charge in [-0.05, 0) is 55.0 Å². The minimum absolute atomic E-state index is 0.0602. The van der Waals surface area contributed by atoms with E-state index in [0.717, 1.165) is 5.56 Å². The number of amides is 2. The highest BCUT2D eigenvalue weighted by molar-refractivity contribution is 5.96. The van der Waals surface area contributed by atoms with Crippen molar-refractivity contribution in [2.45, 2.75) is 19.6 Å². The van der Waals surface area contributed by atoms with Crippen LogP contribution in [0.4, 0.5) is 14.5 Å². The van der Waals surface area contributed by atoms with Crippen LogP contribution in [0, 0.1) is 0 Å². The molecule has 10 heteroatoms. The number of anilines is 1. The van der Waals surface area contributed by atoms with E-state index in [-0.39, 0.29) is 5.75 Å². The first-order valence-electron chi connectivity index (χ1n) is 9.41. The number of esters is 1. The molecule has 0 bridgehead atoms. The number of carbonyl (C=O) groups excluding carboxylic acids is 3. The van der Waals surface area contributed by atoms with Crippen LogP contribution in [0.1, 0.15) is 12.5 Å². The van der Waals surface area contributed by atoms with Gasteiger partial charge in [0.05, 0.1) is 7.11 Å². The van der Waals surface area contributed by atoms with Gasteiger partial charge in [-0.2, -0.15) is 8.78 Å². The Bertz CT molecular complexity index is 946. The summed E-state index contributed by atoms with van der Waals surface area (Å²) in [4.78, 5) is 35.8.